The van der Waals surface area contributed by atoms with Crippen LogP contribution in [0, 0.1) is 0 Å². The van der Waals surface area contributed by atoms with Gasteiger partial charge in [-0.05, 0) is 38.1 Å². The zero-order valence-corrected chi connectivity index (χ0v) is 12.8. The van der Waals surface area contributed by atoms with Crippen molar-refractivity contribution < 1.29 is 13.9 Å². The maximum Gasteiger partial charge on any atom is 0.193 e. The lowest BCUT2D eigenvalue weighted by molar-refractivity contribution is 0.332. The molecule has 0 fully saturated rings. The topological polar surface area (TPSA) is 82.0 Å². The first-order valence-electron chi connectivity index (χ1n) is 7.22. The van der Waals surface area contributed by atoms with Crippen LogP contribution >= 0.6 is 0 Å². The average molecular weight is 303 g/mol. The van der Waals surface area contributed by atoms with E-state index in [0.29, 0.717) is 31.2 Å². The molecule has 2 rings (SSSR count). The van der Waals surface area contributed by atoms with E-state index in [1.54, 1.807) is 6.26 Å². The Morgan fingerprint density at radius 3 is 2.73 bits per heavy atom. The van der Waals surface area contributed by atoms with Crippen molar-refractivity contribution in [2.75, 3.05) is 18.5 Å². The normalized spacial score (nSPS) is 11.3. The van der Waals surface area contributed by atoms with E-state index >= 15 is 0 Å². The van der Waals surface area contributed by atoms with Gasteiger partial charge >= 0.3 is 0 Å². The van der Waals surface area contributed by atoms with E-state index in [1.165, 1.54) is 0 Å². The minimum Gasteiger partial charge on any atom is -0.494 e. The quantitative estimate of drug-likeness (QED) is 0.607. The molecular weight excluding hydrogens is 282 g/mol. The Morgan fingerprint density at radius 1 is 1.23 bits per heavy atom. The smallest absolute Gasteiger partial charge is 0.193 e. The Labute approximate surface area is 129 Å². The Kier molecular flexibility index (Phi) is 5.71. The van der Waals surface area contributed by atoms with E-state index in [9.17, 15) is 0 Å². The van der Waals surface area contributed by atoms with Crippen LogP contribution in [-0.2, 0) is 6.54 Å². The summed E-state index contributed by atoms with van der Waals surface area (Å²) >= 11 is 0. The van der Waals surface area contributed by atoms with Gasteiger partial charge in [0.25, 0.3) is 0 Å². The van der Waals surface area contributed by atoms with E-state index < -0.39 is 0 Å². The summed E-state index contributed by atoms with van der Waals surface area (Å²) in [4.78, 5) is 4.23. The fourth-order valence-electron chi connectivity index (χ4n) is 1.89. The first kappa shape index (κ1) is 15.8. The SMILES string of the molecule is CCOc1ccc(OCC)c(NC(N)=NCc2ccco2)c1. The molecule has 6 nitrogen and oxygen atoms in total. The van der Waals surface area contributed by atoms with Gasteiger partial charge in [-0.1, -0.05) is 0 Å². The maximum absolute atomic E-state index is 5.91. The summed E-state index contributed by atoms with van der Waals surface area (Å²) < 4.78 is 16.3. The number of anilines is 1. The molecule has 0 aliphatic carbocycles. The largest absolute Gasteiger partial charge is 0.494 e. The van der Waals surface area contributed by atoms with Crippen molar-refractivity contribution in [3.63, 3.8) is 0 Å². The van der Waals surface area contributed by atoms with Gasteiger partial charge in [-0.2, -0.15) is 0 Å². The maximum atomic E-state index is 5.91. The lowest BCUT2D eigenvalue weighted by Gasteiger charge is -2.13. The van der Waals surface area contributed by atoms with Gasteiger partial charge in [-0.15, -0.1) is 0 Å². The third-order valence-electron chi connectivity index (χ3n) is 2.81. The number of hydrogen-bond donors (Lipinski definition) is 2. The minimum absolute atomic E-state index is 0.283. The van der Waals surface area contributed by atoms with E-state index in [0.717, 1.165) is 11.5 Å². The van der Waals surface area contributed by atoms with Gasteiger partial charge in [-0.3, -0.25) is 0 Å². The molecule has 118 valence electrons. The van der Waals surface area contributed by atoms with Crippen LogP contribution < -0.4 is 20.5 Å². The summed E-state index contributed by atoms with van der Waals surface area (Å²) in [6.07, 6.45) is 1.60. The number of furan rings is 1. The number of benzene rings is 1. The number of nitrogens with zero attached hydrogens (tertiary/aromatic N) is 1. The molecule has 0 radical (unpaired) electrons. The summed E-state index contributed by atoms with van der Waals surface area (Å²) in [5, 5.41) is 3.04. The summed E-state index contributed by atoms with van der Waals surface area (Å²) in [5.41, 5.74) is 6.63. The van der Waals surface area contributed by atoms with Crippen molar-refractivity contribution in [3.8, 4) is 11.5 Å². The van der Waals surface area contributed by atoms with Gasteiger partial charge in [-0.25, -0.2) is 4.99 Å². The zero-order valence-electron chi connectivity index (χ0n) is 12.8. The van der Waals surface area contributed by atoms with E-state index in [1.807, 2.05) is 44.2 Å². The molecule has 6 heteroatoms. The summed E-state index contributed by atoms with van der Waals surface area (Å²) in [7, 11) is 0. The summed E-state index contributed by atoms with van der Waals surface area (Å²) in [5.74, 6) is 2.47. The molecule has 0 bridgehead atoms. The zero-order chi connectivity index (χ0) is 15.8. The Hall–Kier alpha value is -2.63. The summed E-state index contributed by atoms with van der Waals surface area (Å²) in [6.45, 7) is 5.39. The van der Waals surface area contributed by atoms with Crippen LogP contribution in [0.4, 0.5) is 5.69 Å². The molecule has 0 aliphatic rings. The number of nitrogens with one attached hydrogen (secondary N) is 1. The number of rotatable bonds is 7. The highest BCUT2D eigenvalue weighted by Gasteiger charge is 2.07. The van der Waals surface area contributed by atoms with Crippen LogP contribution in [0.2, 0.25) is 0 Å². The number of hydrogen-bond acceptors (Lipinski definition) is 4. The fraction of sp³-hybridized carbons (Fsp3) is 0.312. The number of nitrogens with two attached hydrogens (primary N) is 1. The van der Waals surface area contributed by atoms with Crippen LogP contribution in [-0.4, -0.2) is 19.2 Å². The standard InChI is InChI=1S/C16H21N3O3/c1-3-20-12-7-8-15(21-4-2)14(10-12)19-16(17)18-11-13-6-5-9-22-13/h5-10H,3-4,11H2,1-2H3,(H3,17,18,19). The fourth-order valence-corrected chi connectivity index (χ4v) is 1.89. The molecule has 3 N–H and O–H groups in total. The van der Waals surface area contributed by atoms with Crippen LogP contribution in [0.1, 0.15) is 19.6 Å². The van der Waals surface area contributed by atoms with Crippen molar-refractivity contribution in [2.24, 2.45) is 10.7 Å². The highest BCUT2D eigenvalue weighted by Crippen LogP contribution is 2.29. The number of guanidine groups is 1. The minimum atomic E-state index is 0.283. The second-order valence-corrected chi connectivity index (χ2v) is 4.43. The second-order valence-electron chi connectivity index (χ2n) is 4.43. The molecule has 0 saturated heterocycles. The van der Waals surface area contributed by atoms with E-state index in [2.05, 4.69) is 10.3 Å². The lowest BCUT2D eigenvalue weighted by atomic mass is 10.2. The number of aliphatic imine (C=N–C) groups is 1. The molecule has 22 heavy (non-hydrogen) atoms. The van der Waals surface area contributed by atoms with Gasteiger partial charge in [0.05, 0.1) is 25.2 Å². The van der Waals surface area contributed by atoms with E-state index in [-0.39, 0.29) is 5.96 Å². The predicted octanol–water partition coefficient (Wildman–Crippen LogP) is 3.00. The lowest BCUT2D eigenvalue weighted by Crippen LogP contribution is -2.23. The van der Waals surface area contributed by atoms with Gasteiger partial charge in [0, 0.05) is 6.07 Å². The first-order valence-corrected chi connectivity index (χ1v) is 7.22. The Bertz CT molecular complexity index is 609. The Morgan fingerprint density at radius 2 is 2.05 bits per heavy atom. The molecule has 1 heterocycles. The van der Waals surface area contributed by atoms with Gasteiger partial charge in [0.15, 0.2) is 5.96 Å². The monoisotopic (exact) mass is 303 g/mol. The molecule has 0 amide bonds. The third-order valence-corrected chi connectivity index (χ3v) is 2.81. The highest BCUT2D eigenvalue weighted by atomic mass is 16.5. The van der Waals surface area contributed by atoms with Crippen molar-refractivity contribution in [3.05, 3.63) is 42.4 Å². The van der Waals surface area contributed by atoms with Crippen molar-refractivity contribution in [2.45, 2.75) is 20.4 Å². The van der Waals surface area contributed by atoms with Crippen molar-refractivity contribution in [1.82, 2.24) is 0 Å². The van der Waals surface area contributed by atoms with E-state index in [4.69, 9.17) is 19.6 Å². The molecule has 0 unspecified atom stereocenters. The molecular formula is C16H21N3O3. The van der Waals surface area contributed by atoms with Gasteiger partial charge < -0.3 is 24.9 Å². The molecule has 0 atom stereocenters. The van der Waals surface area contributed by atoms with Crippen molar-refractivity contribution in [1.29, 1.82) is 0 Å². The van der Waals surface area contributed by atoms with Crippen LogP contribution in [0.3, 0.4) is 0 Å². The molecule has 0 saturated carbocycles. The molecule has 1 aromatic carbocycles. The molecule has 1 aromatic heterocycles. The van der Waals surface area contributed by atoms with Crippen molar-refractivity contribution >= 4 is 11.6 Å². The Balaban J connectivity index is 2.11. The van der Waals surface area contributed by atoms with Crippen LogP contribution in [0.5, 0.6) is 11.5 Å². The predicted molar refractivity (Wildman–Crippen MR) is 86.4 cm³/mol. The van der Waals surface area contributed by atoms with Gasteiger partial charge in [0.2, 0.25) is 0 Å². The molecule has 2 aromatic rings. The third kappa shape index (κ3) is 4.44. The van der Waals surface area contributed by atoms with Crippen LogP contribution in [0.15, 0.2) is 46.0 Å². The first-order chi connectivity index (χ1) is 10.7. The second kappa shape index (κ2) is 7.97. The van der Waals surface area contributed by atoms with Crippen LogP contribution in [0.25, 0.3) is 0 Å². The highest BCUT2D eigenvalue weighted by molar-refractivity contribution is 5.93. The average Bonchev–Trinajstić information content (AvgIpc) is 3.02. The number of ether oxygens (including phenoxy) is 2. The molecule has 0 aliphatic heterocycles. The molecule has 0 spiro atoms. The van der Waals surface area contributed by atoms with Gasteiger partial charge in [0.1, 0.15) is 23.8 Å². The summed E-state index contributed by atoms with van der Waals surface area (Å²) in [6, 6.07) is 9.20.